The minimum Gasteiger partial charge on any atom is -0.339 e. The quantitative estimate of drug-likeness (QED) is 0.796. The Bertz CT molecular complexity index is 332. The first-order valence-electron chi connectivity index (χ1n) is 6.81. The molecule has 1 rings (SSSR count). The van der Waals surface area contributed by atoms with Gasteiger partial charge < -0.3 is 20.4 Å². The molecule has 0 saturated carbocycles. The Kier molecular flexibility index (Phi) is 5.17. The molecule has 1 fully saturated rings. The fourth-order valence-corrected chi connectivity index (χ4v) is 2.15. The van der Waals surface area contributed by atoms with Gasteiger partial charge >= 0.3 is 6.03 Å². The highest BCUT2D eigenvalue weighted by molar-refractivity contribution is 5.83. The van der Waals surface area contributed by atoms with Gasteiger partial charge in [0.05, 0.1) is 5.41 Å². The normalized spacial score (nSPS) is 19.0. The lowest BCUT2D eigenvalue weighted by Gasteiger charge is -2.39. The van der Waals surface area contributed by atoms with Crippen LogP contribution in [0.3, 0.4) is 0 Å². The van der Waals surface area contributed by atoms with E-state index in [2.05, 4.69) is 0 Å². The SMILES string of the molecule is CCC(C)(CN)C(=O)N1CCN(C(=O)N(C)C)CC1. The van der Waals surface area contributed by atoms with Crippen molar-refractivity contribution in [3.8, 4) is 0 Å². The van der Waals surface area contributed by atoms with E-state index in [1.54, 1.807) is 23.9 Å². The van der Waals surface area contributed by atoms with Crippen molar-refractivity contribution >= 4 is 11.9 Å². The van der Waals surface area contributed by atoms with Crippen molar-refractivity contribution in [3.05, 3.63) is 0 Å². The van der Waals surface area contributed by atoms with Gasteiger partial charge in [-0.15, -0.1) is 0 Å². The first kappa shape index (κ1) is 15.8. The Morgan fingerprint density at radius 1 is 1.16 bits per heavy atom. The lowest BCUT2D eigenvalue weighted by molar-refractivity contribution is -0.142. The van der Waals surface area contributed by atoms with Crippen molar-refractivity contribution in [1.82, 2.24) is 14.7 Å². The summed E-state index contributed by atoms with van der Waals surface area (Å²) in [4.78, 5) is 29.4. The van der Waals surface area contributed by atoms with Crippen LogP contribution in [0, 0.1) is 5.41 Å². The molecule has 1 aliphatic heterocycles. The van der Waals surface area contributed by atoms with E-state index in [1.807, 2.05) is 18.7 Å². The predicted octanol–water partition coefficient (Wildman–Crippen LogP) is 0.187. The summed E-state index contributed by atoms with van der Waals surface area (Å²) in [6, 6.07) is 0.00387. The van der Waals surface area contributed by atoms with Crippen LogP contribution in [0.2, 0.25) is 0 Å². The lowest BCUT2D eigenvalue weighted by atomic mass is 9.86. The van der Waals surface area contributed by atoms with Gasteiger partial charge in [0.2, 0.25) is 5.91 Å². The summed E-state index contributed by atoms with van der Waals surface area (Å²) in [5, 5.41) is 0. The van der Waals surface area contributed by atoms with E-state index in [0.29, 0.717) is 32.7 Å². The average Bonchev–Trinajstić information content (AvgIpc) is 2.44. The van der Waals surface area contributed by atoms with Gasteiger partial charge in [0.1, 0.15) is 0 Å². The number of nitrogens with zero attached hydrogens (tertiary/aromatic N) is 3. The van der Waals surface area contributed by atoms with Crippen molar-refractivity contribution < 1.29 is 9.59 Å². The van der Waals surface area contributed by atoms with Crippen molar-refractivity contribution in [2.24, 2.45) is 11.1 Å². The number of urea groups is 1. The molecule has 1 saturated heterocycles. The van der Waals surface area contributed by atoms with Gasteiger partial charge in [-0.25, -0.2) is 4.79 Å². The molecule has 6 nitrogen and oxygen atoms in total. The zero-order valence-corrected chi connectivity index (χ0v) is 12.5. The van der Waals surface area contributed by atoms with E-state index in [1.165, 1.54) is 0 Å². The van der Waals surface area contributed by atoms with E-state index in [4.69, 9.17) is 5.73 Å². The van der Waals surface area contributed by atoms with E-state index in [9.17, 15) is 9.59 Å². The number of carbonyl (C=O) groups is 2. The van der Waals surface area contributed by atoms with Crippen LogP contribution >= 0.6 is 0 Å². The Morgan fingerprint density at radius 3 is 2.00 bits per heavy atom. The number of hydrogen-bond donors (Lipinski definition) is 1. The Morgan fingerprint density at radius 2 is 1.63 bits per heavy atom. The monoisotopic (exact) mass is 270 g/mol. The summed E-state index contributed by atoms with van der Waals surface area (Å²) in [6.07, 6.45) is 0.735. The molecule has 110 valence electrons. The summed E-state index contributed by atoms with van der Waals surface area (Å²) >= 11 is 0. The van der Waals surface area contributed by atoms with Crippen molar-refractivity contribution in [1.29, 1.82) is 0 Å². The second-order valence-corrected chi connectivity index (χ2v) is 5.57. The van der Waals surface area contributed by atoms with Crippen molar-refractivity contribution in [3.63, 3.8) is 0 Å². The van der Waals surface area contributed by atoms with Crippen LogP contribution in [0.5, 0.6) is 0 Å². The van der Waals surface area contributed by atoms with Crippen molar-refractivity contribution in [2.45, 2.75) is 20.3 Å². The zero-order valence-electron chi connectivity index (χ0n) is 12.5. The predicted molar refractivity (Wildman–Crippen MR) is 74.7 cm³/mol. The van der Waals surface area contributed by atoms with Crippen molar-refractivity contribution in [2.75, 3.05) is 46.8 Å². The minimum atomic E-state index is -0.478. The number of rotatable bonds is 3. The number of hydrogen-bond acceptors (Lipinski definition) is 3. The maximum Gasteiger partial charge on any atom is 0.319 e. The molecule has 2 N–H and O–H groups in total. The summed E-state index contributed by atoms with van der Waals surface area (Å²) < 4.78 is 0. The number of piperazine rings is 1. The lowest BCUT2D eigenvalue weighted by Crippen LogP contribution is -2.56. The Hall–Kier alpha value is -1.30. The van der Waals surface area contributed by atoms with Crippen LogP contribution in [-0.2, 0) is 4.79 Å². The maximum atomic E-state index is 12.4. The first-order valence-corrected chi connectivity index (χ1v) is 6.81. The van der Waals surface area contributed by atoms with Crippen LogP contribution in [0.1, 0.15) is 20.3 Å². The topological polar surface area (TPSA) is 69.9 Å². The summed E-state index contributed by atoms with van der Waals surface area (Å²) in [5.41, 5.74) is 5.24. The molecule has 3 amide bonds. The highest BCUT2D eigenvalue weighted by Crippen LogP contribution is 2.23. The van der Waals surface area contributed by atoms with Gasteiger partial charge in [0.25, 0.3) is 0 Å². The molecule has 1 heterocycles. The third-order valence-corrected chi connectivity index (χ3v) is 3.97. The maximum absolute atomic E-state index is 12.4. The second kappa shape index (κ2) is 6.23. The molecule has 0 radical (unpaired) electrons. The van der Waals surface area contributed by atoms with Crippen LogP contribution < -0.4 is 5.73 Å². The molecule has 0 bridgehead atoms. The minimum absolute atomic E-state index is 0.00387. The Balaban J connectivity index is 2.59. The summed E-state index contributed by atoms with van der Waals surface area (Å²) in [7, 11) is 3.48. The van der Waals surface area contributed by atoms with Crippen LogP contribution in [0.4, 0.5) is 4.79 Å². The zero-order chi connectivity index (χ0) is 14.6. The molecule has 1 atom stereocenters. The third-order valence-electron chi connectivity index (χ3n) is 3.97. The molecule has 0 aromatic rings. The standard InChI is InChI=1S/C13H26N4O2/c1-5-13(2,10-14)11(18)16-6-8-17(9-7-16)12(19)15(3)4/h5-10,14H2,1-4H3. The number of amides is 3. The molecule has 0 aliphatic carbocycles. The van der Waals surface area contributed by atoms with Gasteiger partial charge in [-0.05, 0) is 13.3 Å². The summed E-state index contributed by atoms with van der Waals surface area (Å²) in [5.74, 6) is 0.106. The van der Waals surface area contributed by atoms with Gasteiger partial charge in [-0.2, -0.15) is 0 Å². The summed E-state index contributed by atoms with van der Waals surface area (Å²) in [6.45, 7) is 6.62. The molecule has 0 aromatic carbocycles. The second-order valence-electron chi connectivity index (χ2n) is 5.57. The molecule has 1 unspecified atom stereocenters. The molecule has 0 aromatic heterocycles. The van der Waals surface area contributed by atoms with E-state index in [0.717, 1.165) is 6.42 Å². The number of carbonyl (C=O) groups excluding carboxylic acids is 2. The average molecular weight is 270 g/mol. The molecular weight excluding hydrogens is 244 g/mol. The highest BCUT2D eigenvalue weighted by atomic mass is 16.2. The van der Waals surface area contributed by atoms with Gasteiger partial charge in [-0.1, -0.05) is 6.92 Å². The van der Waals surface area contributed by atoms with E-state index < -0.39 is 5.41 Å². The van der Waals surface area contributed by atoms with Crippen LogP contribution in [0.15, 0.2) is 0 Å². The first-order chi connectivity index (χ1) is 8.85. The van der Waals surface area contributed by atoms with Crippen LogP contribution in [0.25, 0.3) is 0 Å². The third kappa shape index (κ3) is 3.37. The van der Waals surface area contributed by atoms with Crippen LogP contribution in [-0.4, -0.2) is 73.5 Å². The number of nitrogens with two attached hydrogens (primary N) is 1. The molecule has 6 heteroatoms. The molecular formula is C13H26N4O2. The van der Waals surface area contributed by atoms with Gasteiger partial charge in [0.15, 0.2) is 0 Å². The fourth-order valence-electron chi connectivity index (χ4n) is 2.15. The molecule has 1 aliphatic rings. The Labute approximate surface area is 115 Å². The van der Waals surface area contributed by atoms with E-state index in [-0.39, 0.29) is 11.9 Å². The van der Waals surface area contributed by atoms with E-state index >= 15 is 0 Å². The molecule has 19 heavy (non-hydrogen) atoms. The van der Waals surface area contributed by atoms with Gasteiger partial charge in [0, 0.05) is 46.8 Å². The van der Waals surface area contributed by atoms with Gasteiger partial charge in [-0.3, -0.25) is 4.79 Å². The largest absolute Gasteiger partial charge is 0.339 e. The molecule has 0 spiro atoms. The smallest absolute Gasteiger partial charge is 0.319 e. The fraction of sp³-hybridized carbons (Fsp3) is 0.846. The highest BCUT2D eigenvalue weighted by Gasteiger charge is 2.35.